The van der Waals surface area contributed by atoms with Crippen LogP contribution in [-0.2, 0) is 9.47 Å². The summed E-state index contributed by atoms with van der Waals surface area (Å²) < 4.78 is 48.0. The molecule has 0 bridgehead atoms. The molecule has 2 saturated heterocycles. The van der Waals surface area contributed by atoms with Gasteiger partial charge in [-0.1, -0.05) is 0 Å². The van der Waals surface area contributed by atoms with Crippen LogP contribution in [0.1, 0.15) is 23.2 Å². The lowest BCUT2D eigenvalue weighted by atomic mass is 9.95. The maximum absolute atomic E-state index is 12.5. The summed E-state index contributed by atoms with van der Waals surface area (Å²) >= 11 is -0.182. The number of benzene rings is 1. The number of hydrogen-bond donors (Lipinski definition) is 0. The maximum Gasteiger partial charge on any atom is 0.446 e. The van der Waals surface area contributed by atoms with E-state index < -0.39 is 5.51 Å². The summed E-state index contributed by atoms with van der Waals surface area (Å²) in [4.78, 5) is 14.3. The van der Waals surface area contributed by atoms with Crippen molar-refractivity contribution in [2.75, 3.05) is 26.3 Å². The summed E-state index contributed by atoms with van der Waals surface area (Å²) in [6.07, 6.45) is 1.44. The van der Waals surface area contributed by atoms with Gasteiger partial charge in [0.2, 0.25) is 0 Å². The zero-order valence-corrected chi connectivity index (χ0v) is 13.7. The minimum Gasteiger partial charge on any atom is -0.350 e. The molecule has 0 radical (unpaired) electrons. The van der Waals surface area contributed by atoms with Crippen molar-refractivity contribution in [1.29, 1.82) is 0 Å². The Morgan fingerprint density at radius 3 is 2.21 bits per heavy atom. The first-order valence-corrected chi connectivity index (χ1v) is 8.62. The van der Waals surface area contributed by atoms with E-state index >= 15 is 0 Å². The van der Waals surface area contributed by atoms with Gasteiger partial charge >= 0.3 is 5.51 Å². The van der Waals surface area contributed by atoms with Crippen LogP contribution < -0.4 is 0 Å². The molecular formula is C16H18F3NO3S. The fourth-order valence-corrected chi connectivity index (χ4v) is 3.54. The summed E-state index contributed by atoms with van der Waals surface area (Å²) in [5, 5.41) is 0. The van der Waals surface area contributed by atoms with Crippen molar-refractivity contribution in [2.24, 2.45) is 5.92 Å². The zero-order chi connectivity index (χ0) is 17.2. The van der Waals surface area contributed by atoms with Crippen molar-refractivity contribution < 1.29 is 27.4 Å². The van der Waals surface area contributed by atoms with Crippen molar-refractivity contribution >= 4 is 17.7 Å². The van der Waals surface area contributed by atoms with Crippen LogP contribution >= 0.6 is 11.8 Å². The Labute approximate surface area is 142 Å². The molecule has 2 aliphatic heterocycles. The molecule has 24 heavy (non-hydrogen) atoms. The second-order valence-corrected chi connectivity index (χ2v) is 6.95. The van der Waals surface area contributed by atoms with E-state index in [1.54, 1.807) is 4.90 Å². The molecule has 2 fully saturated rings. The fourth-order valence-electron chi connectivity index (χ4n) is 3.01. The Morgan fingerprint density at radius 1 is 1.08 bits per heavy atom. The number of thioether (sulfide) groups is 1. The highest BCUT2D eigenvalue weighted by molar-refractivity contribution is 8.00. The molecule has 8 heteroatoms. The Bertz CT molecular complexity index is 565. The van der Waals surface area contributed by atoms with E-state index in [2.05, 4.69) is 0 Å². The number of carbonyl (C=O) groups is 1. The topological polar surface area (TPSA) is 38.8 Å². The van der Waals surface area contributed by atoms with Gasteiger partial charge in [0.05, 0.1) is 13.2 Å². The number of ether oxygens (including phenoxy) is 2. The standard InChI is InChI=1S/C16H18F3NO3S/c17-16(18,19)24-13-3-1-11(2-4-13)14(21)20-7-5-12(6-8-20)15-22-9-10-23-15/h1-4,12,15H,5-10H2. The second-order valence-electron chi connectivity index (χ2n) is 5.81. The van der Waals surface area contributed by atoms with Gasteiger partial charge in [-0.2, -0.15) is 13.2 Å². The monoisotopic (exact) mass is 361 g/mol. The van der Waals surface area contributed by atoms with Crippen molar-refractivity contribution in [1.82, 2.24) is 4.90 Å². The molecule has 2 heterocycles. The van der Waals surface area contributed by atoms with Gasteiger partial charge in [-0.05, 0) is 48.9 Å². The van der Waals surface area contributed by atoms with Gasteiger partial charge in [0.1, 0.15) is 0 Å². The van der Waals surface area contributed by atoms with E-state index in [1.807, 2.05) is 0 Å². The number of nitrogens with zero attached hydrogens (tertiary/aromatic N) is 1. The highest BCUT2D eigenvalue weighted by Gasteiger charge is 2.32. The van der Waals surface area contributed by atoms with Crippen LogP contribution in [0.25, 0.3) is 0 Å². The SMILES string of the molecule is O=C(c1ccc(SC(F)(F)F)cc1)N1CCC(C2OCCO2)CC1. The van der Waals surface area contributed by atoms with E-state index in [9.17, 15) is 18.0 Å². The molecular weight excluding hydrogens is 343 g/mol. The van der Waals surface area contributed by atoms with Crippen molar-refractivity contribution in [3.05, 3.63) is 29.8 Å². The third kappa shape index (κ3) is 4.43. The number of piperidine rings is 1. The van der Waals surface area contributed by atoms with Gasteiger partial charge in [0, 0.05) is 29.5 Å². The number of carbonyl (C=O) groups excluding carboxylic acids is 1. The van der Waals surface area contributed by atoms with E-state index in [0.29, 0.717) is 37.8 Å². The predicted molar refractivity (Wildman–Crippen MR) is 82.7 cm³/mol. The molecule has 3 rings (SSSR count). The van der Waals surface area contributed by atoms with Gasteiger partial charge < -0.3 is 14.4 Å². The summed E-state index contributed by atoms with van der Waals surface area (Å²) in [5.74, 6) is 0.146. The van der Waals surface area contributed by atoms with Crippen LogP contribution in [0.2, 0.25) is 0 Å². The predicted octanol–water partition coefficient (Wildman–Crippen LogP) is 3.52. The molecule has 1 aromatic carbocycles. The van der Waals surface area contributed by atoms with Gasteiger partial charge in [-0.15, -0.1) is 0 Å². The maximum atomic E-state index is 12.5. The molecule has 0 aliphatic carbocycles. The van der Waals surface area contributed by atoms with Gasteiger partial charge in [-0.25, -0.2) is 0 Å². The molecule has 1 aromatic rings. The molecule has 4 nitrogen and oxygen atoms in total. The van der Waals surface area contributed by atoms with Crippen molar-refractivity contribution in [2.45, 2.75) is 29.5 Å². The minimum atomic E-state index is -4.32. The van der Waals surface area contributed by atoms with Crippen LogP contribution in [0.15, 0.2) is 29.2 Å². The van der Waals surface area contributed by atoms with Crippen LogP contribution in [0.3, 0.4) is 0 Å². The summed E-state index contributed by atoms with van der Waals surface area (Å²) in [6, 6.07) is 5.56. The van der Waals surface area contributed by atoms with Gasteiger partial charge in [0.25, 0.3) is 5.91 Å². The number of amides is 1. The third-order valence-electron chi connectivity index (χ3n) is 4.19. The van der Waals surface area contributed by atoms with Crippen LogP contribution in [0.5, 0.6) is 0 Å². The lowest BCUT2D eigenvalue weighted by Crippen LogP contribution is -2.41. The Morgan fingerprint density at radius 2 is 1.67 bits per heavy atom. The Balaban J connectivity index is 1.55. The zero-order valence-electron chi connectivity index (χ0n) is 12.9. The first kappa shape index (κ1) is 17.6. The van der Waals surface area contributed by atoms with Crippen molar-refractivity contribution in [3.8, 4) is 0 Å². The molecule has 0 spiro atoms. The number of hydrogen-bond acceptors (Lipinski definition) is 4. The highest BCUT2D eigenvalue weighted by Crippen LogP contribution is 2.36. The lowest BCUT2D eigenvalue weighted by molar-refractivity contribution is -0.0956. The van der Waals surface area contributed by atoms with Crippen molar-refractivity contribution in [3.63, 3.8) is 0 Å². The normalized spacial score (nSPS) is 20.5. The summed E-state index contributed by atoms with van der Waals surface area (Å²) in [7, 11) is 0. The Hall–Kier alpha value is -1.25. The van der Waals surface area contributed by atoms with Crippen LogP contribution in [0, 0.1) is 5.92 Å². The quantitative estimate of drug-likeness (QED) is 0.772. The first-order valence-electron chi connectivity index (χ1n) is 7.81. The smallest absolute Gasteiger partial charge is 0.350 e. The third-order valence-corrected chi connectivity index (χ3v) is 4.93. The van der Waals surface area contributed by atoms with Gasteiger partial charge in [-0.3, -0.25) is 4.79 Å². The summed E-state index contributed by atoms with van der Waals surface area (Å²) in [5.41, 5.74) is -3.91. The summed E-state index contributed by atoms with van der Waals surface area (Å²) in [6.45, 7) is 2.44. The van der Waals surface area contributed by atoms with E-state index in [1.165, 1.54) is 24.3 Å². The van der Waals surface area contributed by atoms with Crippen LogP contribution in [0.4, 0.5) is 13.2 Å². The molecule has 2 aliphatic rings. The van der Waals surface area contributed by atoms with E-state index in [0.717, 1.165) is 12.8 Å². The molecule has 0 atom stereocenters. The molecule has 0 N–H and O–H groups in total. The van der Waals surface area contributed by atoms with E-state index in [-0.39, 0.29) is 28.9 Å². The largest absolute Gasteiger partial charge is 0.446 e. The Kier molecular flexibility index (Phi) is 5.36. The molecule has 132 valence electrons. The number of alkyl halides is 3. The number of likely N-dealkylation sites (tertiary alicyclic amines) is 1. The van der Waals surface area contributed by atoms with Gasteiger partial charge in [0.15, 0.2) is 6.29 Å². The van der Waals surface area contributed by atoms with E-state index in [4.69, 9.17) is 9.47 Å². The molecule has 1 amide bonds. The number of halogens is 3. The molecule has 0 saturated carbocycles. The first-order chi connectivity index (χ1) is 11.4. The average Bonchev–Trinajstić information content (AvgIpc) is 3.08. The minimum absolute atomic E-state index is 0.0771. The number of rotatable bonds is 3. The molecule has 0 aromatic heterocycles. The lowest BCUT2D eigenvalue weighted by Gasteiger charge is -2.33. The highest BCUT2D eigenvalue weighted by atomic mass is 32.2. The average molecular weight is 361 g/mol. The van der Waals surface area contributed by atoms with Crippen LogP contribution in [-0.4, -0.2) is 48.9 Å². The molecule has 0 unspecified atom stereocenters. The second kappa shape index (κ2) is 7.33. The fraction of sp³-hybridized carbons (Fsp3) is 0.562.